The molecule has 0 heterocycles. The van der Waals surface area contributed by atoms with Crippen molar-refractivity contribution in [1.29, 1.82) is 0 Å². The molecule has 10 heteroatoms. The summed E-state index contributed by atoms with van der Waals surface area (Å²) in [4.78, 5) is 24.9. The fourth-order valence-corrected chi connectivity index (χ4v) is 3.76. The molecular formula is C27H28BrN3O5S. The Labute approximate surface area is 229 Å². The van der Waals surface area contributed by atoms with E-state index in [1.807, 2.05) is 42.5 Å². The Bertz CT molecular complexity index is 1220. The lowest BCUT2D eigenvalue weighted by Crippen LogP contribution is -2.49. The molecule has 0 saturated carbocycles. The average molecular weight is 587 g/mol. The minimum absolute atomic E-state index is 0.0805. The fourth-order valence-electron chi connectivity index (χ4n) is 3.11. The van der Waals surface area contributed by atoms with Crippen LogP contribution >= 0.6 is 28.1 Å². The van der Waals surface area contributed by atoms with Gasteiger partial charge in [-0.25, -0.2) is 0 Å². The van der Waals surface area contributed by atoms with Gasteiger partial charge in [-0.1, -0.05) is 50.2 Å². The maximum absolute atomic E-state index is 12.7. The Hall–Kier alpha value is -3.63. The molecule has 0 aliphatic carbocycles. The van der Waals surface area contributed by atoms with Crippen molar-refractivity contribution in [3.63, 3.8) is 0 Å². The molecule has 3 aromatic carbocycles. The highest BCUT2D eigenvalue weighted by molar-refractivity contribution is 9.10. The monoisotopic (exact) mass is 585 g/mol. The molecule has 0 radical (unpaired) electrons. The molecule has 0 aromatic heterocycles. The minimum Gasteiger partial charge on any atom is -0.490 e. The first kappa shape index (κ1) is 27.9. The standard InChI is InChI=1S/C27H28BrN3O5S/c1-18(2)19-12-13-24(22(28)16-19)36-17-25(32)30-31-27(37)29-26(33)21-10-6-7-11-23(21)35-15-14-34-20-8-4-3-5-9-20/h3-13,16,18H,14-15,17H2,1-2H3,(H,30,32)(H2,29,31,33,37). The van der Waals surface area contributed by atoms with Crippen molar-refractivity contribution in [3.05, 3.63) is 88.4 Å². The van der Waals surface area contributed by atoms with Gasteiger partial charge in [0.1, 0.15) is 30.5 Å². The van der Waals surface area contributed by atoms with Crippen LogP contribution in [0.4, 0.5) is 0 Å². The summed E-state index contributed by atoms with van der Waals surface area (Å²) in [6.45, 7) is 4.50. The SMILES string of the molecule is CC(C)c1ccc(OCC(=O)NNC(=S)NC(=O)c2ccccc2OCCOc2ccccc2)c(Br)c1. The van der Waals surface area contributed by atoms with Crippen LogP contribution in [0.1, 0.15) is 35.7 Å². The zero-order valence-electron chi connectivity index (χ0n) is 20.5. The summed E-state index contributed by atoms with van der Waals surface area (Å²) in [5, 5.41) is 2.43. The molecule has 3 aromatic rings. The summed E-state index contributed by atoms with van der Waals surface area (Å²) < 4.78 is 17.6. The summed E-state index contributed by atoms with van der Waals surface area (Å²) in [6.07, 6.45) is 0. The number of halogens is 1. The molecule has 3 N–H and O–H groups in total. The Kier molecular flexibility index (Phi) is 10.7. The van der Waals surface area contributed by atoms with E-state index >= 15 is 0 Å². The maximum atomic E-state index is 12.7. The van der Waals surface area contributed by atoms with Crippen LogP contribution in [0, 0.1) is 0 Å². The highest BCUT2D eigenvalue weighted by Gasteiger charge is 2.14. The number of nitrogens with one attached hydrogen (secondary N) is 3. The molecule has 8 nitrogen and oxygen atoms in total. The van der Waals surface area contributed by atoms with Crippen molar-refractivity contribution >= 4 is 45.1 Å². The van der Waals surface area contributed by atoms with Crippen LogP contribution in [0.15, 0.2) is 77.3 Å². The van der Waals surface area contributed by atoms with Crippen LogP contribution in [-0.2, 0) is 4.79 Å². The first-order valence-electron chi connectivity index (χ1n) is 11.6. The van der Waals surface area contributed by atoms with E-state index in [4.69, 9.17) is 26.4 Å². The lowest BCUT2D eigenvalue weighted by molar-refractivity contribution is -0.123. The van der Waals surface area contributed by atoms with Crippen molar-refractivity contribution in [3.8, 4) is 17.2 Å². The van der Waals surface area contributed by atoms with E-state index in [0.717, 1.165) is 15.8 Å². The molecule has 0 spiro atoms. The van der Waals surface area contributed by atoms with E-state index in [2.05, 4.69) is 45.9 Å². The normalized spacial score (nSPS) is 10.4. The van der Waals surface area contributed by atoms with Gasteiger partial charge in [-0.2, -0.15) is 0 Å². The van der Waals surface area contributed by atoms with Crippen molar-refractivity contribution in [2.24, 2.45) is 0 Å². The number of rotatable bonds is 10. The van der Waals surface area contributed by atoms with Gasteiger partial charge in [0, 0.05) is 0 Å². The lowest BCUT2D eigenvalue weighted by Gasteiger charge is -2.14. The Morgan fingerprint density at radius 2 is 1.57 bits per heavy atom. The number of amides is 2. The first-order valence-corrected chi connectivity index (χ1v) is 12.8. The highest BCUT2D eigenvalue weighted by atomic mass is 79.9. The average Bonchev–Trinajstić information content (AvgIpc) is 2.90. The lowest BCUT2D eigenvalue weighted by atomic mass is 10.0. The maximum Gasteiger partial charge on any atom is 0.276 e. The number of hydrogen-bond acceptors (Lipinski definition) is 6. The van der Waals surface area contributed by atoms with E-state index in [-0.39, 0.29) is 23.9 Å². The highest BCUT2D eigenvalue weighted by Crippen LogP contribution is 2.28. The molecule has 3 rings (SSSR count). The van der Waals surface area contributed by atoms with E-state index in [1.54, 1.807) is 30.3 Å². The van der Waals surface area contributed by atoms with Gasteiger partial charge in [-0.3, -0.25) is 25.8 Å². The number of hydrogen-bond donors (Lipinski definition) is 3. The van der Waals surface area contributed by atoms with Gasteiger partial charge < -0.3 is 14.2 Å². The van der Waals surface area contributed by atoms with Crippen LogP contribution in [0.5, 0.6) is 17.2 Å². The minimum atomic E-state index is -0.489. The summed E-state index contributed by atoms with van der Waals surface area (Å²) in [5.74, 6) is 1.07. The van der Waals surface area contributed by atoms with Crippen molar-refractivity contribution in [1.82, 2.24) is 16.2 Å². The second kappa shape index (κ2) is 14.2. The molecule has 0 aliphatic rings. The summed E-state index contributed by atoms with van der Waals surface area (Å²) >= 11 is 8.58. The molecule has 0 aliphatic heterocycles. The van der Waals surface area contributed by atoms with Crippen LogP contribution in [0.3, 0.4) is 0 Å². The molecule has 0 atom stereocenters. The van der Waals surface area contributed by atoms with E-state index in [1.165, 1.54) is 0 Å². The Morgan fingerprint density at radius 1 is 0.865 bits per heavy atom. The molecule has 2 amide bonds. The number of carbonyl (C=O) groups excluding carboxylic acids is 2. The number of ether oxygens (including phenoxy) is 3. The number of benzene rings is 3. The van der Waals surface area contributed by atoms with Crippen molar-refractivity contribution in [2.75, 3.05) is 19.8 Å². The third-order valence-corrected chi connectivity index (χ3v) is 5.83. The number of para-hydroxylation sites is 2. The summed E-state index contributed by atoms with van der Waals surface area (Å²) in [5.41, 5.74) is 6.33. The third-order valence-electron chi connectivity index (χ3n) is 5.01. The van der Waals surface area contributed by atoms with Gasteiger partial charge in [0.25, 0.3) is 11.8 Å². The third kappa shape index (κ3) is 9.07. The predicted molar refractivity (Wildman–Crippen MR) is 149 cm³/mol. The van der Waals surface area contributed by atoms with Crippen LogP contribution in [0.2, 0.25) is 0 Å². The largest absolute Gasteiger partial charge is 0.490 e. The van der Waals surface area contributed by atoms with Crippen LogP contribution in [0.25, 0.3) is 0 Å². The van der Waals surface area contributed by atoms with Gasteiger partial charge >= 0.3 is 0 Å². The second-order valence-corrected chi connectivity index (χ2v) is 9.36. The van der Waals surface area contributed by atoms with Gasteiger partial charge in [-0.15, -0.1) is 0 Å². The molecule has 194 valence electrons. The fraction of sp³-hybridized carbons (Fsp3) is 0.222. The first-order chi connectivity index (χ1) is 17.8. The van der Waals surface area contributed by atoms with Gasteiger partial charge in [-0.05, 0) is 76.0 Å². The zero-order valence-corrected chi connectivity index (χ0v) is 22.9. The smallest absolute Gasteiger partial charge is 0.276 e. The van der Waals surface area contributed by atoms with E-state index < -0.39 is 11.8 Å². The summed E-state index contributed by atoms with van der Waals surface area (Å²) in [6, 6.07) is 21.8. The van der Waals surface area contributed by atoms with Gasteiger partial charge in [0.15, 0.2) is 11.7 Å². The number of hydrazine groups is 1. The number of thiocarbonyl (C=S) groups is 1. The molecule has 37 heavy (non-hydrogen) atoms. The summed E-state index contributed by atoms with van der Waals surface area (Å²) in [7, 11) is 0. The van der Waals surface area contributed by atoms with Gasteiger partial charge in [0.2, 0.25) is 0 Å². The number of carbonyl (C=O) groups is 2. The topological polar surface area (TPSA) is 97.9 Å². The van der Waals surface area contributed by atoms with E-state index in [9.17, 15) is 9.59 Å². The Morgan fingerprint density at radius 3 is 2.30 bits per heavy atom. The van der Waals surface area contributed by atoms with Gasteiger partial charge in [0.05, 0.1) is 10.0 Å². The Balaban J connectivity index is 1.42. The molecular weight excluding hydrogens is 558 g/mol. The second-order valence-electron chi connectivity index (χ2n) is 8.10. The molecule has 0 unspecified atom stereocenters. The van der Waals surface area contributed by atoms with Crippen molar-refractivity contribution in [2.45, 2.75) is 19.8 Å². The molecule has 0 bridgehead atoms. The van der Waals surface area contributed by atoms with Crippen molar-refractivity contribution < 1.29 is 23.8 Å². The van der Waals surface area contributed by atoms with E-state index in [0.29, 0.717) is 24.0 Å². The van der Waals surface area contributed by atoms with Crippen LogP contribution < -0.4 is 30.4 Å². The predicted octanol–water partition coefficient (Wildman–Crippen LogP) is 4.74. The zero-order chi connectivity index (χ0) is 26.6. The molecule has 0 fully saturated rings. The van der Waals surface area contributed by atoms with Crippen LogP contribution in [-0.4, -0.2) is 36.7 Å². The molecule has 0 saturated heterocycles. The quantitative estimate of drug-likeness (QED) is 0.179.